The fourth-order valence-corrected chi connectivity index (χ4v) is 4.34. The Morgan fingerprint density at radius 1 is 1.06 bits per heavy atom. The van der Waals surface area contributed by atoms with Gasteiger partial charge in [-0.15, -0.1) is 10.2 Å². The van der Waals surface area contributed by atoms with Gasteiger partial charge in [-0.2, -0.15) is 0 Å². The van der Waals surface area contributed by atoms with Crippen LogP contribution in [0.5, 0.6) is 0 Å². The lowest BCUT2D eigenvalue weighted by atomic mass is 10.0. The second kappa shape index (κ2) is 10.7. The maximum Gasteiger partial charge on any atom is 0.233 e. The highest BCUT2D eigenvalue weighted by Gasteiger charge is 2.28. The molecule has 0 bridgehead atoms. The van der Waals surface area contributed by atoms with Crippen molar-refractivity contribution in [1.82, 2.24) is 24.6 Å². The molecule has 0 saturated carbocycles. The van der Waals surface area contributed by atoms with Gasteiger partial charge in [-0.25, -0.2) is 0 Å². The largest absolute Gasteiger partial charge is 0.333 e. The second-order valence-corrected chi connectivity index (χ2v) is 10.6. The van der Waals surface area contributed by atoms with Gasteiger partial charge in [-0.1, -0.05) is 53.7 Å². The van der Waals surface area contributed by atoms with Gasteiger partial charge in [-0.3, -0.25) is 14.3 Å². The van der Waals surface area contributed by atoms with Crippen LogP contribution in [0.15, 0.2) is 59.8 Å². The Bertz CT molecular complexity index is 1060. The molecule has 6 nitrogen and oxygen atoms in total. The van der Waals surface area contributed by atoms with Crippen molar-refractivity contribution in [2.45, 2.75) is 51.0 Å². The minimum Gasteiger partial charge on any atom is -0.333 e. The third-order valence-corrected chi connectivity index (χ3v) is 6.68. The van der Waals surface area contributed by atoms with E-state index in [-0.39, 0.29) is 23.2 Å². The lowest BCUT2D eigenvalue weighted by molar-refractivity contribution is -0.133. The number of amides is 1. The molecule has 1 atom stereocenters. The molecular formula is C25H32ClN5OS. The summed E-state index contributed by atoms with van der Waals surface area (Å²) < 4.78 is 2.01. The lowest BCUT2D eigenvalue weighted by Gasteiger charge is -2.36. The molecule has 1 heterocycles. The van der Waals surface area contributed by atoms with Crippen molar-refractivity contribution in [3.05, 3.63) is 71.0 Å². The van der Waals surface area contributed by atoms with E-state index in [1.165, 1.54) is 11.8 Å². The summed E-state index contributed by atoms with van der Waals surface area (Å²) in [5.41, 5.74) is 1.72. The Kier molecular flexibility index (Phi) is 8.21. The smallest absolute Gasteiger partial charge is 0.233 e. The molecule has 8 heteroatoms. The first-order valence-electron chi connectivity index (χ1n) is 10.9. The molecule has 1 aromatic heterocycles. The van der Waals surface area contributed by atoms with Gasteiger partial charge >= 0.3 is 0 Å². The standard InChI is InChI=1S/C25H32ClN5OS/c1-18(29(5)6)23-27-28-24(31(23)21-14-12-20(26)13-15-21)33-17-22(32)30(25(2,3)4)16-19-10-8-7-9-11-19/h7-15,18H,16-17H2,1-6H3/t18-/m1/s1. The molecular weight excluding hydrogens is 454 g/mol. The highest BCUT2D eigenvalue weighted by atomic mass is 35.5. The van der Waals surface area contributed by atoms with E-state index in [0.717, 1.165) is 17.1 Å². The maximum absolute atomic E-state index is 13.3. The monoisotopic (exact) mass is 485 g/mol. The van der Waals surface area contributed by atoms with E-state index in [9.17, 15) is 4.79 Å². The van der Waals surface area contributed by atoms with Crippen LogP contribution in [0.25, 0.3) is 5.69 Å². The van der Waals surface area contributed by atoms with E-state index in [1.807, 2.05) is 78.2 Å². The summed E-state index contributed by atoms with van der Waals surface area (Å²) in [6, 6.07) is 17.7. The van der Waals surface area contributed by atoms with Crippen LogP contribution in [-0.4, -0.2) is 55.9 Å². The summed E-state index contributed by atoms with van der Waals surface area (Å²) >= 11 is 7.51. The minimum atomic E-state index is -0.304. The van der Waals surface area contributed by atoms with Crippen molar-refractivity contribution in [3.8, 4) is 5.69 Å². The Morgan fingerprint density at radius 3 is 2.27 bits per heavy atom. The van der Waals surface area contributed by atoms with Crippen molar-refractivity contribution in [3.63, 3.8) is 0 Å². The normalized spacial score (nSPS) is 12.7. The summed E-state index contributed by atoms with van der Waals surface area (Å²) in [7, 11) is 4.01. The molecule has 0 aliphatic rings. The van der Waals surface area contributed by atoms with Crippen molar-refractivity contribution >= 4 is 29.3 Å². The van der Waals surface area contributed by atoms with Gasteiger partial charge in [0, 0.05) is 22.8 Å². The molecule has 0 fully saturated rings. The number of thioether (sulfide) groups is 1. The quantitative estimate of drug-likeness (QED) is 0.396. The molecule has 0 N–H and O–H groups in total. The van der Waals surface area contributed by atoms with Gasteiger partial charge in [0.2, 0.25) is 5.91 Å². The Labute approximate surface area is 205 Å². The van der Waals surface area contributed by atoms with Gasteiger partial charge in [-0.05, 0) is 71.6 Å². The molecule has 0 radical (unpaired) electrons. The average Bonchev–Trinajstić information content (AvgIpc) is 3.19. The van der Waals surface area contributed by atoms with Crippen molar-refractivity contribution in [2.75, 3.05) is 19.8 Å². The molecule has 176 valence electrons. The molecule has 0 aliphatic heterocycles. The van der Waals surface area contributed by atoms with Gasteiger partial charge < -0.3 is 4.90 Å². The summed E-state index contributed by atoms with van der Waals surface area (Å²) in [4.78, 5) is 17.3. The van der Waals surface area contributed by atoms with Crippen LogP contribution in [0.1, 0.15) is 45.1 Å². The summed E-state index contributed by atoms with van der Waals surface area (Å²) in [5, 5.41) is 10.3. The summed E-state index contributed by atoms with van der Waals surface area (Å²) in [5.74, 6) is 1.14. The van der Waals surface area contributed by atoms with Gasteiger partial charge in [0.25, 0.3) is 0 Å². The number of benzene rings is 2. The Morgan fingerprint density at radius 2 is 1.70 bits per heavy atom. The number of aromatic nitrogens is 3. The fourth-order valence-electron chi connectivity index (χ4n) is 3.38. The zero-order chi connectivity index (χ0) is 24.2. The molecule has 0 aliphatic carbocycles. The van der Waals surface area contributed by atoms with Crippen LogP contribution in [0, 0.1) is 0 Å². The molecule has 3 rings (SSSR count). The molecule has 1 amide bonds. The number of nitrogens with zero attached hydrogens (tertiary/aromatic N) is 5. The molecule has 0 spiro atoms. The first-order chi connectivity index (χ1) is 15.6. The topological polar surface area (TPSA) is 54.3 Å². The summed E-state index contributed by atoms with van der Waals surface area (Å²) in [6.45, 7) is 8.83. The predicted octanol–water partition coefficient (Wildman–Crippen LogP) is 5.46. The van der Waals surface area contributed by atoms with E-state index in [0.29, 0.717) is 16.7 Å². The van der Waals surface area contributed by atoms with E-state index in [1.54, 1.807) is 0 Å². The van der Waals surface area contributed by atoms with Crippen LogP contribution in [0.4, 0.5) is 0 Å². The number of halogens is 1. The van der Waals surface area contributed by atoms with E-state index < -0.39 is 0 Å². The number of carbonyl (C=O) groups is 1. The molecule has 0 unspecified atom stereocenters. The third kappa shape index (κ3) is 6.37. The van der Waals surface area contributed by atoms with Gasteiger partial charge in [0.1, 0.15) is 0 Å². The van der Waals surface area contributed by atoms with Gasteiger partial charge in [0.05, 0.1) is 11.8 Å². The number of hydrogen-bond donors (Lipinski definition) is 0. The van der Waals surface area contributed by atoms with Crippen LogP contribution < -0.4 is 0 Å². The lowest BCUT2D eigenvalue weighted by Crippen LogP contribution is -2.45. The Balaban J connectivity index is 1.86. The molecule has 0 saturated heterocycles. The van der Waals surface area contributed by atoms with E-state index in [2.05, 4.69) is 42.8 Å². The summed E-state index contributed by atoms with van der Waals surface area (Å²) in [6.07, 6.45) is 0. The maximum atomic E-state index is 13.3. The zero-order valence-electron chi connectivity index (χ0n) is 20.1. The van der Waals surface area contributed by atoms with Crippen LogP contribution in [0.3, 0.4) is 0 Å². The van der Waals surface area contributed by atoms with Crippen molar-refractivity contribution in [2.24, 2.45) is 0 Å². The minimum absolute atomic E-state index is 0.0439. The van der Waals surface area contributed by atoms with Crippen molar-refractivity contribution in [1.29, 1.82) is 0 Å². The van der Waals surface area contributed by atoms with Crippen LogP contribution in [-0.2, 0) is 11.3 Å². The fraction of sp³-hybridized carbons (Fsp3) is 0.400. The molecule has 3 aromatic rings. The third-order valence-electron chi connectivity index (χ3n) is 5.51. The Hall–Kier alpha value is -2.35. The van der Waals surface area contributed by atoms with Crippen LogP contribution >= 0.6 is 23.4 Å². The van der Waals surface area contributed by atoms with E-state index >= 15 is 0 Å². The van der Waals surface area contributed by atoms with Gasteiger partial charge in [0.15, 0.2) is 11.0 Å². The average molecular weight is 486 g/mol. The van der Waals surface area contributed by atoms with Crippen molar-refractivity contribution < 1.29 is 4.79 Å². The first-order valence-corrected chi connectivity index (χ1v) is 12.3. The highest BCUT2D eigenvalue weighted by Crippen LogP contribution is 2.28. The zero-order valence-corrected chi connectivity index (χ0v) is 21.7. The SMILES string of the molecule is C[C@H](c1nnc(SCC(=O)N(Cc2ccccc2)C(C)(C)C)n1-c1ccc(Cl)cc1)N(C)C. The van der Waals surface area contributed by atoms with E-state index in [4.69, 9.17) is 11.6 Å². The molecule has 33 heavy (non-hydrogen) atoms. The van der Waals surface area contributed by atoms with Crippen LogP contribution in [0.2, 0.25) is 5.02 Å². The number of rotatable bonds is 8. The second-order valence-electron chi connectivity index (χ2n) is 9.22. The number of hydrogen-bond acceptors (Lipinski definition) is 5. The first kappa shape index (κ1) is 25.3. The number of carbonyl (C=O) groups excluding carboxylic acids is 1. The molecule has 2 aromatic carbocycles. The predicted molar refractivity (Wildman–Crippen MR) is 136 cm³/mol. The highest BCUT2D eigenvalue weighted by molar-refractivity contribution is 7.99.